The fourth-order valence-electron chi connectivity index (χ4n) is 0.495. The van der Waals surface area contributed by atoms with E-state index in [1.165, 1.54) is 12.1 Å². The summed E-state index contributed by atoms with van der Waals surface area (Å²) in [5, 5.41) is 0. The Morgan fingerprint density at radius 1 is 1.10 bits per heavy atom. The number of furan rings is 1. The average Bonchev–Trinajstić information content (AvgIpc) is 2.34. The zero-order valence-electron chi connectivity index (χ0n) is 4.89. The first-order chi connectivity index (χ1) is 4.36. The summed E-state index contributed by atoms with van der Waals surface area (Å²) in [5.74, 6) is 0.356. The number of hydrogen-bond donors (Lipinski definition) is 0. The third-order valence-corrected chi connectivity index (χ3v) is 0.880. The van der Waals surface area contributed by atoms with Gasteiger partial charge in [0.25, 0.3) is 0 Å². The van der Waals surface area contributed by atoms with Gasteiger partial charge in [-0.05, 0) is 12.1 Å². The van der Waals surface area contributed by atoms with Crippen LogP contribution in [-0.4, -0.2) is 12.6 Å². The van der Waals surface area contributed by atoms with Crippen molar-refractivity contribution in [1.29, 1.82) is 0 Å². The van der Waals surface area contributed by atoms with Crippen molar-refractivity contribution < 1.29 is 31.1 Å². The van der Waals surface area contributed by atoms with Crippen LogP contribution in [0.3, 0.4) is 0 Å². The van der Waals surface area contributed by atoms with Crippen molar-refractivity contribution in [2.24, 2.45) is 0 Å². The molecule has 0 aromatic carbocycles. The smallest absolute Gasteiger partial charge is 0.185 e. The second kappa shape index (κ2) is 4.04. The Balaban J connectivity index is 0.000000810. The Hall–Kier alpha value is -0.861. The van der Waals surface area contributed by atoms with E-state index in [1.807, 2.05) is 0 Å². The summed E-state index contributed by atoms with van der Waals surface area (Å²) >= 11 is 0. The van der Waals surface area contributed by atoms with Gasteiger partial charge in [-0.2, -0.15) is 0 Å². The van der Waals surface area contributed by atoms with E-state index in [9.17, 15) is 9.59 Å². The van der Waals surface area contributed by atoms with E-state index < -0.39 is 0 Å². The quantitative estimate of drug-likeness (QED) is 0.501. The standard InChI is InChI=1S/C6H4O3.Fe/c7-3-5-1-2-6(4-8)9-5;/h1-4H;. The van der Waals surface area contributed by atoms with Crippen molar-refractivity contribution in [2.45, 2.75) is 0 Å². The summed E-state index contributed by atoms with van der Waals surface area (Å²) in [6, 6.07) is 2.88. The van der Waals surface area contributed by atoms with Crippen molar-refractivity contribution in [3.63, 3.8) is 0 Å². The fraction of sp³-hybridized carbons (Fsp3) is 0. The second-order valence-electron chi connectivity index (χ2n) is 1.48. The van der Waals surface area contributed by atoms with Gasteiger partial charge in [0.15, 0.2) is 24.1 Å². The summed E-state index contributed by atoms with van der Waals surface area (Å²) < 4.78 is 4.65. The molecule has 1 aromatic rings. The first-order valence-corrected chi connectivity index (χ1v) is 2.37. The minimum absolute atomic E-state index is 0. The molecule has 0 atom stereocenters. The summed E-state index contributed by atoms with van der Waals surface area (Å²) in [6.45, 7) is 0. The third kappa shape index (κ3) is 1.83. The van der Waals surface area contributed by atoms with Crippen LogP contribution in [0.25, 0.3) is 0 Å². The van der Waals surface area contributed by atoms with Gasteiger partial charge in [-0.25, -0.2) is 0 Å². The molecule has 54 valence electrons. The molecular weight excluding hydrogens is 176 g/mol. The first-order valence-electron chi connectivity index (χ1n) is 2.37. The molecule has 1 aromatic heterocycles. The molecule has 0 N–H and O–H groups in total. The fourth-order valence-corrected chi connectivity index (χ4v) is 0.495. The van der Waals surface area contributed by atoms with Crippen LogP contribution in [0.1, 0.15) is 21.1 Å². The second-order valence-corrected chi connectivity index (χ2v) is 1.48. The maximum atomic E-state index is 9.93. The van der Waals surface area contributed by atoms with Gasteiger partial charge in [0.05, 0.1) is 0 Å². The van der Waals surface area contributed by atoms with Crippen molar-refractivity contribution in [3.8, 4) is 0 Å². The van der Waals surface area contributed by atoms with Crippen molar-refractivity contribution in [3.05, 3.63) is 23.7 Å². The third-order valence-electron chi connectivity index (χ3n) is 0.880. The first kappa shape index (κ1) is 9.14. The van der Waals surface area contributed by atoms with Crippen LogP contribution in [0.2, 0.25) is 0 Å². The Bertz CT molecular complexity index is 206. The monoisotopic (exact) mass is 180 g/mol. The summed E-state index contributed by atoms with van der Waals surface area (Å²) in [7, 11) is 0. The number of carbonyl (C=O) groups is 2. The molecule has 0 saturated carbocycles. The molecule has 4 heteroatoms. The van der Waals surface area contributed by atoms with Crippen LogP contribution in [0.4, 0.5) is 0 Å². The molecule has 0 spiro atoms. The molecular formula is C6H4FeO3. The molecule has 0 bridgehead atoms. The summed E-state index contributed by atoms with van der Waals surface area (Å²) in [6.07, 6.45) is 1.10. The minimum atomic E-state index is 0. The van der Waals surface area contributed by atoms with Gasteiger partial charge in [-0.3, -0.25) is 9.59 Å². The van der Waals surface area contributed by atoms with Crippen LogP contribution in [0, 0.1) is 0 Å². The molecule has 3 nitrogen and oxygen atoms in total. The van der Waals surface area contributed by atoms with Crippen LogP contribution in [0.15, 0.2) is 16.5 Å². The maximum Gasteiger partial charge on any atom is 0.185 e. The minimum Gasteiger partial charge on any atom is -0.450 e. The van der Waals surface area contributed by atoms with Crippen LogP contribution >= 0.6 is 0 Å². The van der Waals surface area contributed by atoms with E-state index in [1.54, 1.807) is 0 Å². The van der Waals surface area contributed by atoms with Crippen molar-refractivity contribution in [2.75, 3.05) is 0 Å². The zero-order chi connectivity index (χ0) is 6.69. The molecule has 0 amide bonds. The molecule has 0 aliphatic rings. The molecule has 0 aliphatic heterocycles. The summed E-state index contributed by atoms with van der Waals surface area (Å²) in [5.41, 5.74) is 0. The number of carbonyl (C=O) groups excluding carboxylic acids is 2. The van der Waals surface area contributed by atoms with Crippen LogP contribution < -0.4 is 0 Å². The normalized spacial score (nSPS) is 8.00. The topological polar surface area (TPSA) is 47.3 Å². The van der Waals surface area contributed by atoms with Gasteiger partial charge >= 0.3 is 0 Å². The van der Waals surface area contributed by atoms with E-state index in [2.05, 4.69) is 4.42 Å². The van der Waals surface area contributed by atoms with E-state index in [-0.39, 0.29) is 28.6 Å². The molecule has 0 radical (unpaired) electrons. The van der Waals surface area contributed by atoms with E-state index in [4.69, 9.17) is 0 Å². The maximum absolute atomic E-state index is 9.93. The predicted octanol–water partition coefficient (Wildman–Crippen LogP) is 0.902. The molecule has 0 unspecified atom stereocenters. The van der Waals surface area contributed by atoms with Crippen LogP contribution in [-0.2, 0) is 17.1 Å². The Morgan fingerprint density at radius 3 is 1.70 bits per heavy atom. The molecule has 1 heterocycles. The number of aldehydes is 2. The number of rotatable bonds is 2. The van der Waals surface area contributed by atoms with E-state index in [0.717, 1.165) is 0 Å². The SMILES string of the molecule is O=Cc1ccc(C=O)o1.[Fe]. The van der Waals surface area contributed by atoms with E-state index in [0.29, 0.717) is 12.6 Å². The molecule has 0 aliphatic carbocycles. The largest absolute Gasteiger partial charge is 0.450 e. The molecule has 1 rings (SSSR count). The molecule has 10 heavy (non-hydrogen) atoms. The van der Waals surface area contributed by atoms with Crippen molar-refractivity contribution >= 4 is 12.6 Å². The van der Waals surface area contributed by atoms with Gasteiger partial charge in [0.1, 0.15) is 0 Å². The van der Waals surface area contributed by atoms with Gasteiger partial charge < -0.3 is 4.42 Å². The van der Waals surface area contributed by atoms with Crippen molar-refractivity contribution in [1.82, 2.24) is 0 Å². The Morgan fingerprint density at radius 2 is 1.50 bits per heavy atom. The average molecular weight is 180 g/mol. The van der Waals surface area contributed by atoms with Crippen LogP contribution in [0.5, 0.6) is 0 Å². The van der Waals surface area contributed by atoms with E-state index >= 15 is 0 Å². The zero-order valence-corrected chi connectivity index (χ0v) is 5.99. The molecule has 0 saturated heterocycles. The Kier molecular flexibility index (Phi) is 3.69. The molecule has 0 fully saturated rings. The Labute approximate surface area is 67.9 Å². The number of hydrogen-bond acceptors (Lipinski definition) is 3. The van der Waals surface area contributed by atoms with Gasteiger partial charge in [0, 0.05) is 17.1 Å². The predicted molar refractivity (Wildman–Crippen MR) is 29.5 cm³/mol. The van der Waals surface area contributed by atoms with Gasteiger partial charge in [0.2, 0.25) is 0 Å². The summed E-state index contributed by atoms with van der Waals surface area (Å²) in [4.78, 5) is 19.9. The van der Waals surface area contributed by atoms with Gasteiger partial charge in [-0.1, -0.05) is 0 Å². The van der Waals surface area contributed by atoms with Gasteiger partial charge in [-0.15, -0.1) is 0 Å².